The van der Waals surface area contributed by atoms with Crippen LogP contribution in [0.15, 0.2) is 22.7 Å². The molecule has 4 heteroatoms. The molecule has 4 nitrogen and oxygen atoms in total. The van der Waals surface area contributed by atoms with Crippen molar-refractivity contribution < 1.29 is 9.63 Å². The Hall–Kier alpha value is -1.84. The average molecular weight is 216 g/mol. The number of rotatable bonds is 2. The van der Waals surface area contributed by atoms with Crippen LogP contribution in [0.1, 0.15) is 30.1 Å². The van der Waals surface area contributed by atoms with Gasteiger partial charge in [0.05, 0.1) is 0 Å². The number of phenols is 1. The maximum Gasteiger partial charge on any atom is 0.258 e. The van der Waals surface area contributed by atoms with Gasteiger partial charge < -0.3 is 9.63 Å². The molecule has 3 rings (SSSR count). The first kappa shape index (κ1) is 9.39. The van der Waals surface area contributed by atoms with Crippen molar-refractivity contribution in [2.45, 2.75) is 25.7 Å². The molecule has 0 spiro atoms. The van der Waals surface area contributed by atoms with Crippen LogP contribution in [0.3, 0.4) is 0 Å². The molecule has 1 saturated carbocycles. The molecule has 0 aliphatic heterocycles. The third kappa shape index (κ3) is 1.56. The van der Waals surface area contributed by atoms with Crippen molar-refractivity contribution in [1.29, 1.82) is 0 Å². The molecule has 0 bridgehead atoms. The summed E-state index contributed by atoms with van der Waals surface area (Å²) in [5.74, 6) is 2.01. The van der Waals surface area contributed by atoms with E-state index in [-0.39, 0.29) is 5.75 Å². The number of hydrogen-bond donors (Lipinski definition) is 1. The number of phenolic OH excluding ortho intramolecular Hbond substituents is 1. The molecule has 0 amide bonds. The quantitative estimate of drug-likeness (QED) is 0.838. The van der Waals surface area contributed by atoms with Crippen LogP contribution >= 0.6 is 0 Å². The summed E-state index contributed by atoms with van der Waals surface area (Å²) in [5.41, 5.74) is 1.60. The smallest absolute Gasteiger partial charge is 0.258 e. The van der Waals surface area contributed by atoms with E-state index in [1.807, 2.05) is 19.1 Å². The van der Waals surface area contributed by atoms with Gasteiger partial charge in [-0.2, -0.15) is 4.98 Å². The van der Waals surface area contributed by atoms with E-state index >= 15 is 0 Å². The van der Waals surface area contributed by atoms with Crippen LogP contribution in [0.2, 0.25) is 0 Å². The molecule has 0 unspecified atom stereocenters. The van der Waals surface area contributed by atoms with Crippen LogP contribution < -0.4 is 0 Å². The monoisotopic (exact) mass is 216 g/mol. The number of nitrogens with zero attached hydrogens (tertiary/aromatic N) is 2. The summed E-state index contributed by atoms with van der Waals surface area (Å²) < 4.78 is 5.17. The zero-order valence-electron chi connectivity index (χ0n) is 8.97. The minimum Gasteiger partial charge on any atom is -0.508 e. The second kappa shape index (κ2) is 3.33. The van der Waals surface area contributed by atoms with Gasteiger partial charge in [0.15, 0.2) is 5.82 Å². The fourth-order valence-electron chi connectivity index (χ4n) is 1.60. The van der Waals surface area contributed by atoms with E-state index in [1.165, 1.54) is 0 Å². The molecule has 16 heavy (non-hydrogen) atoms. The number of aromatic hydroxyl groups is 1. The van der Waals surface area contributed by atoms with Crippen molar-refractivity contribution in [3.8, 4) is 17.2 Å². The van der Waals surface area contributed by atoms with Crippen molar-refractivity contribution in [2.24, 2.45) is 0 Å². The van der Waals surface area contributed by atoms with Crippen LogP contribution in [-0.2, 0) is 0 Å². The third-order valence-corrected chi connectivity index (χ3v) is 2.84. The molecule has 1 fully saturated rings. The van der Waals surface area contributed by atoms with Crippen LogP contribution in [-0.4, -0.2) is 15.2 Å². The fraction of sp³-hybridized carbons (Fsp3) is 0.333. The fourth-order valence-corrected chi connectivity index (χ4v) is 1.60. The van der Waals surface area contributed by atoms with Gasteiger partial charge in [-0.05, 0) is 37.5 Å². The summed E-state index contributed by atoms with van der Waals surface area (Å²) in [4.78, 5) is 4.32. The molecule has 1 aliphatic carbocycles. The standard InChI is InChI=1S/C12H12N2O2/c1-7-2-3-9(6-10(7)15)12-13-11(14-16-12)8-4-5-8/h2-3,6,8,15H,4-5H2,1H3. The van der Waals surface area contributed by atoms with Gasteiger partial charge in [-0.25, -0.2) is 0 Å². The molecule has 0 radical (unpaired) electrons. The van der Waals surface area contributed by atoms with E-state index < -0.39 is 0 Å². The largest absolute Gasteiger partial charge is 0.508 e. The molecule has 82 valence electrons. The Bertz CT molecular complexity index is 530. The molecule has 0 atom stereocenters. The zero-order chi connectivity index (χ0) is 11.1. The SMILES string of the molecule is Cc1ccc(-c2nc(C3CC3)no2)cc1O. The lowest BCUT2D eigenvalue weighted by Gasteiger charge is -1.99. The maximum absolute atomic E-state index is 9.60. The third-order valence-electron chi connectivity index (χ3n) is 2.84. The Kier molecular flexibility index (Phi) is 1.96. The summed E-state index contributed by atoms with van der Waals surface area (Å²) in [5, 5.41) is 13.5. The van der Waals surface area contributed by atoms with Crippen molar-refractivity contribution >= 4 is 0 Å². The highest BCUT2D eigenvalue weighted by Gasteiger charge is 2.28. The summed E-state index contributed by atoms with van der Waals surface area (Å²) >= 11 is 0. The Morgan fingerprint density at radius 2 is 2.19 bits per heavy atom. The van der Waals surface area contributed by atoms with Crippen LogP contribution in [0, 0.1) is 6.92 Å². The Balaban J connectivity index is 1.97. The van der Waals surface area contributed by atoms with Crippen molar-refractivity contribution in [1.82, 2.24) is 10.1 Å². The van der Waals surface area contributed by atoms with E-state index in [4.69, 9.17) is 4.52 Å². The Morgan fingerprint density at radius 1 is 1.38 bits per heavy atom. The number of hydrogen-bond acceptors (Lipinski definition) is 4. The van der Waals surface area contributed by atoms with Gasteiger partial charge in [0.1, 0.15) is 5.75 Å². The van der Waals surface area contributed by atoms with Gasteiger partial charge in [-0.15, -0.1) is 0 Å². The van der Waals surface area contributed by atoms with Gasteiger partial charge >= 0.3 is 0 Å². The zero-order valence-corrected chi connectivity index (χ0v) is 8.97. The highest BCUT2D eigenvalue weighted by Crippen LogP contribution is 2.39. The first-order valence-corrected chi connectivity index (χ1v) is 5.37. The highest BCUT2D eigenvalue weighted by atomic mass is 16.5. The lowest BCUT2D eigenvalue weighted by atomic mass is 10.1. The predicted octanol–water partition coefficient (Wildman–Crippen LogP) is 2.63. The van der Waals surface area contributed by atoms with Crippen molar-refractivity contribution in [2.75, 3.05) is 0 Å². The van der Waals surface area contributed by atoms with Crippen molar-refractivity contribution in [3.63, 3.8) is 0 Å². The highest BCUT2D eigenvalue weighted by molar-refractivity contribution is 5.57. The number of aromatic nitrogens is 2. The van der Waals surface area contributed by atoms with Gasteiger partial charge in [0.25, 0.3) is 5.89 Å². The van der Waals surface area contributed by atoms with E-state index in [0.717, 1.165) is 29.8 Å². The van der Waals surface area contributed by atoms with Crippen molar-refractivity contribution in [3.05, 3.63) is 29.6 Å². The topological polar surface area (TPSA) is 59.2 Å². The van der Waals surface area contributed by atoms with Crippen LogP contribution in [0.5, 0.6) is 5.75 Å². The molecule has 1 aromatic carbocycles. The predicted molar refractivity (Wildman–Crippen MR) is 58.1 cm³/mol. The minimum atomic E-state index is 0.253. The normalized spacial score (nSPS) is 15.3. The lowest BCUT2D eigenvalue weighted by molar-refractivity contribution is 0.422. The molecule has 2 aromatic rings. The molecule has 0 saturated heterocycles. The van der Waals surface area contributed by atoms with E-state index in [9.17, 15) is 5.11 Å². The summed E-state index contributed by atoms with van der Waals surface area (Å²) in [6.07, 6.45) is 2.30. The number of aryl methyl sites for hydroxylation is 1. The summed E-state index contributed by atoms with van der Waals surface area (Å²) in [6, 6.07) is 5.37. The first-order valence-electron chi connectivity index (χ1n) is 5.37. The molecule has 1 aliphatic rings. The van der Waals surface area contributed by atoms with Crippen LogP contribution in [0.25, 0.3) is 11.5 Å². The van der Waals surface area contributed by atoms with E-state index in [2.05, 4.69) is 10.1 Å². The molecule has 1 N–H and O–H groups in total. The molecule has 1 aromatic heterocycles. The lowest BCUT2D eigenvalue weighted by Crippen LogP contribution is -1.83. The molecular formula is C12H12N2O2. The second-order valence-corrected chi connectivity index (χ2v) is 4.23. The van der Waals surface area contributed by atoms with Gasteiger partial charge in [0.2, 0.25) is 0 Å². The van der Waals surface area contributed by atoms with E-state index in [0.29, 0.717) is 11.8 Å². The van der Waals surface area contributed by atoms with Gasteiger partial charge in [-0.1, -0.05) is 11.2 Å². The number of benzene rings is 1. The average Bonchev–Trinajstić information content (AvgIpc) is 3.01. The van der Waals surface area contributed by atoms with Gasteiger partial charge in [0, 0.05) is 11.5 Å². The van der Waals surface area contributed by atoms with E-state index in [1.54, 1.807) is 6.07 Å². The first-order chi connectivity index (χ1) is 7.74. The summed E-state index contributed by atoms with van der Waals surface area (Å²) in [7, 11) is 0. The van der Waals surface area contributed by atoms with Crippen LogP contribution in [0.4, 0.5) is 0 Å². The second-order valence-electron chi connectivity index (χ2n) is 4.23. The minimum absolute atomic E-state index is 0.253. The molecule has 1 heterocycles. The Morgan fingerprint density at radius 3 is 2.88 bits per heavy atom. The molecular weight excluding hydrogens is 204 g/mol. The summed E-state index contributed by atoms with van der Waals surface area (Å²) in [6.45, 7) is 1.85. The van der Waals surface area contributed by atoms with Gasteiger partial charge in [-0.3, -0.25) is 0 Å². The Labute approximate surface area is 92.9 Å². The maximum atomic E-state index is 9.60.